The molecular formula is C38H48N4O4. The van der Waals surface area contributed by atoms with Crippen molar-refractivity contribution in [2.45, 2.75) is 90.9 Å². The van der Waals surface area contributed by atoms with E-state index in [0.29, 0.717) is 24.5 Å². The van der Waals surface area contributed by atoms with Gasteiger partial charge in [0.1, 0.15) is 0 Å². The maximum absolute atomic E-state index is 10.1. The first-order valence-electron chi connectivity index (χ1n) is 16.1. The van der Waals surface area contributed by atoms with Gasteiger partial charge in [-0.2, -0.15) is 9.98 Å². The van der Waals surface area contributed by atoms with Crippen LogP contribution in [-0.2, 0) is 19.2 Å². The number of fused-ring (bicyclic) bond motifs is 1. The van der Waals surface area contributed by atoms with E-state index >= 15 is 0 Å². The lowest BCUT2D eigenvalue weighted by molar-refractivity contribution is 0.562. The number of unbranched alkanes of at least 4 members (excludes halogenated alkanes) is 12. The van der Waals surface area contributed by atoms with Crippen LogP contribution in [0, 0.1) is 12.8 Å². The van der Waals surface area contributed by atoms with Gasteiger partial charge in [-0.3, -0.25) is 0 Å². The highest BCUT2D eigenvalue weighted by Gasteiger charge is 1.96. The summed E-state index contributed by atoms with van der Waals surface area (Å²) in [6.07, 6.45) is 25.3. The molecule has 3 aromatic carbocycles. The summed E-state index contributed by atoms with van der Waals surface area (Å²) in [5.74, 6) is 0. The lowest BCUT2D eigenvalue weighted by atomic mass is 10.1. The van der Waals surface area contributed by atoms with E-state index in [-0.39, 0.29) is 0 Å². The normalized spacial score (nSPS) is 9.17. The van der Waals surface area contributed by atoms with Crippen LogP contribution in [-0.4, -0.2) is 37.4 Å². The standard InChI is InChI=1S/C11H7NO.2C10H18NO.C7H5NO/c13-8-12-11-7-3-5-9-4-1-2-6-10(9)11;2*1-2-3-4-5-6-7-8-9-11-10-12;9-6-8-7-4-2-1-3-5-7/h1-7H;2*8H,2-7,9H2,1H3;1-5H. The Balaban J connectivity index is 0.000000592. The van der Waals surface area contributed by atoms with Crippen molar-refractivity contribution in [1.29, 1.82) is 0 Å². The molecule has 244 valence electrons. The van der Waals surface area contributed by atoms with Gasteiger partial charge in [0.05, 0.1) is 24.5 Å². The molecule has 0 aliphatic heterocycles. The van der Waals surface area contributed by atoms with Crippen LogP contribution in [0.2, 0.25) is 0 Å². The second-order valence-corrected chi connectivity index (χ2v) is 10.1. The summed E-state index contributed by atoms with van der Waals surface area (Å²) in [5, 5.41) is 2.06. The number of isocyanates is 4. The fourth-order valence-electron chi connectivity index (χ4n) is 4.08. The van der Waals surface area contributed by atoms with Gasteiger partial charge >= 0.3 is 0 Å². The van der Waals surface area contributed by atoms with Crippen LogP contribution in [0.3, 0.4) is 0 Å². The summed E-state index contributed by atoms with van der Waals surface area (Å²) in [6.45, 7) is 5.50. The third-order valence-corrected chi connectivity index (χ3v) is 6.46. The summed E-state index contributed by atoms with van der Waals surface area (Å²) >= 11 is 0. The van der Waals surface area contributed by atoms with Crippen LogP contribution in [0.1, 0.15) is 90.9 Å². The molecule has 8 nitrogen and oxygen atoms in total. The Hall–Kier alpha value is -4.56. The first kappa shape index (κ1) is 41.4. The molecule has 0 spiro atoms. The summed E-state index contributed by atoms with van der Waals surface area (Å²) in [4.78, 5) is 53.1. The molecule has 0 amide bonds. The quantitative estimate of drug-likeness (QED) is 0.0794. The highest BCUT2D eigenvalue weighted by molar-refractivity contribution is 5.93. The molecule has 0 aromatic heterocycles. The molecule has 2 radical (unpaired) electrons. The zero-order valence-electron chi connectivity index (χ0n) is 27.4. The molecule has 0 aliphatic carbocycles. The van der Waals surface area contributed by atoms with E-state index < -0.39 is 0 Å². The van der Waals surface area contributed by atoms with E-state index in [1.54, 1.807) is 24.3 Å². The molecular weight excluding hydrogens is 576 g/mol. The van der Waals surface area contributed by atoms with Crippen molar-refractivity contribution >= 4 is 46.5 Å². The fourth-order valence-corrected chi connectivity index (χ4v) is 4.08. The van der Waals surface area contributed by atoms with Crippen LogP contribution in [0.25, 0.3) is 10.8 Å². The van der Waals surface area contributed by atoms with Crippen LogP contribution in [0.4, 0.5) is 11.4 Å². The average Bonchev–Trinajstić information content (AvgIpc) is 3.09. The van der Waals surface area contributed by atoms with Crippen molar-refractivity contribution in [2.75, 3.05) is 13.1 Å². The summed E-state index contributed by atoms with van der Waals surface area (Å²) < 4.78 is 0. The fraction of sp³-hybridized carbons (Fsp3) is 0.421. The number of nitrogens with zero attached hydrogens (tertiary/aromatic N) is 4. The minimum atomic E-state index is 0.539. The van der Waals surface area contributed by atoms with Gasteiger partial charge in [-0.1, -0.05) is 133 Å². The number of aliphatic imine (C=N–C) groups is 4. The zero-order chi connectivity index (χ0) is 33.8. The van der Waals surface area contributed by atoms with Gasteiger partial charge in [0.25, 0.3) is 0 Å². The van der Waals surface area contributed by atoms with Crippen LogP contribution >= 0.6 is 0 Å². The molecule has 0 N–H and O–H groups in total. The second kappa shape index (κ2) is 33.3. The minimum Gasteiger partial charge on any atom is -0.211 e. The van der Waals surface area contributed by atoms with Gasteiger partial charge in [-0.25, -0.2) is 29.2 Å². The monoisotopic (exact) mass is 624 g/mol. The Morgan fingerprint density at radius 1 is 0.522 bits per heavy atom. The predicted molar refractivity (Wildman–Crippen MR) is 187 cm³/mol. The van der Waals surface area contributed by atoms with E-state index in [1.165, 1.54) is 82.4 Å². The third kappa shape index (κ3) is 24.8. The average molecular weight is 625 g/mol. The van der Waals surface area contributed by atoms with Crippen molar-refractivity contribution in [3.05, 3.63) is 85.6 Å². The van der Waals surface area contributed by atoms with Gasteiger partial charge in [-0.05, 0) is 49.3 Å². The van der Waals surface area contributed by atoms with Crippen molar-refractivity contribution in [3.8, 4) is 0 Å². The maximum atomic E-state index is 10.1. The molecule has 0 atom stereocenters. The Morgan fingerprint density at radius 2 is 1.02 bits per heavy atom. The molecule has 46 heavy (non-hydrogen) atoms. The lowest BCUT2D eigenvalue weighted by Crippen LogP contribution is -1.83. The number of carbonyl (C=O) groups excluding carboxylic acids is 4. The molecule has 0 unspecified atom stereocenters. The Kier molecular flexibility index (Phi) is 30.0. The Bertz CT molecular complexity index is 1320. The topological polar surface area (TPSA) is 118 Å². The van der Waals surface area contributed by atoms with Crippen LogP contribution in [0.15, 0.2) is 92.8 Å². The number of para-hydroxylation sites is 1. The number of benzene rings is 3. The molecule has 0 bridgehead atoms. The van der Waals surface area contributed by atoms with E-state index in [0.717, 1.165) is 23.6 Å². The Morgan fingerprint density at radius 3 is 1.54 bits per heavy atom. The minimum absolute atomic E-state index is 0.539. The molecule has 0 aliphatic rings. The Labute approximate surface area is 274 Å². The highest BCUT2D eigenvalue weighted by Crippen LogP contribution is 2.24. The van der Waals surface area contributed by atoms with Gasteiger partial charge in [0.2, 0.25) is 24.3 Å². The highest BCUT2D eigenvalue weighted by atomic mass is 16.1. The smallest absolute Gasteiger partial charge is 0.211 e. The third-order valence-electron chi connectivity index (χ3n) is 6.46. The van der Waals surface area contributed by atoms with E-state index in [2.05, 4.69) is 33.8 Å². The molecule has 8 heteroatoms. The molecule has 0 heterocycles. The first-order valence-corrected chi connectivity index (χ1v) is 16.1. The second-order valence-electron chi connectivity index (χ2n) is 10.1. The maximum Gasteiger partial charge on any atom is 0.240 e. The number of hydrogen-bond donors (Lipinski definition) is 0. The van der Waals surface area contributed by atoms with Crippen LogP contribution in [0.5, 0.6) is 0 Å². The van der Waals surface area contributed by atoms with Crippen molar-refractivity contribution < 1.29 is 19.2 Å². The molecule has 3 aromatic rings. The number of hydrogen-bond acceptors (Lipinski definition) is 8. The van der Waals surface area contributed by atoms with Crippen molar-refractivity contribution in [3.63, 3.8) is 0 Å². The SMILES string of the molecule is CCCCCCC[CH]CN=C=O.CCCCCCC[CH]CN=C=O.O=C=Nc1cccc2ccccc12.O=C=Nc1ccccc1. The van der Waals surface area contributed by atoms with E-state index in [4.69, 9.17) is 0 Å². The van der Waals surface area contributed by atoms with E-state index in [1.807, 2.05) is 67.4 Å². The summed E-state index contributed by atoms with van der Waals surface area (Å²) in [7, 11) is 0. The van der Waals surface area contributed by atoms with Gasteiger partial charge in [0, 0.05) is 5.39 Å². The number of rotatable bonds is 18. The lowest BCUT2D eigenvalue weighted by Gasteiger charge is -1.98. The van der Waals surface area contributed by atoms with Crippen LogP contribution < -0.4 is 0 Å². The molecule has 0 saturated heterocycles. The molecule has 3 rings (SSSR count). The summed E-state index contributed by atoms with van der Waals surface area (Å²) in [6, 6.07) is 22.4. The van der Waals surface area contributed by atoms with Crippen molar-refractivity contribution in [1.82, 2.24) is 0 Å². The van der Waals surface area contributed by atoms with Gasteiger partial charge in [0.15, 0.2) is 0 Å². The largest absolute Gasteiger partial charge is 0.240 e. The molecule has 0 fully saturated rings. The van der Waals surface area contributed by atoms with Gasteiger partial charge in [-0.15, -0.1) is 0 Å². The zero-order valence-corrected chi connectivity index (χ0v) is 27.4. The summed E-state index contributed by atoms with van der Waals surface area (Å²) in [5.41, 5.74) is 1.32. The van der Waals surface area contributed by atoms with Crippen molar-refractivity contribution in [2.24, 2.45) is 20.0 Å². The van der Waals surface area contributed by atoms with Gasteiger partial charge < -0.3 is 0 Å². The molecule has 0 saturated carbocycles. The predicted octanol–water partition coefficient (Wildman–Crippen LogP) is 10.2. The van der Waals surface area contributed by atoms with E-state index in [9.17, 15) is 19.2 Å². The first-order chi connectivity index (χ1) is 22.7.